The van der Waals surface area contributed by atoms with Crippen LogP contribution in [-0.2, 0) is 9.53 Å². The van der Waals surface area contributed by atoms with E-state index < -0.39 is 17.8 Å². The molecule has 1 heterocycles. The lowest BCUT2D eigenvalue weighted by molar-refractivity contribution is -0.118. The van der Waals surface area contributed by atoms with Gasteiger partial charge < -0.3 is 20.5 Å². The van der Waals surface area contributed by atoms with E-state index in [-0.39, 0.29) is 23.7 Å². The first-order valence-corrected chi connectivity index (χ1v) is 10.5. The second-order valence-corrected chi connectivity index (χ2v) is 7.80. The molecular formula is C22H19ClN2O5S. The van der Waals surface area contributed by atoms with E-state index >= 15 is 0 Å². The van der Waals surface area contributed by atoms with Gasteiger partial charge in [-0.2, -0.15) is 0 Å². The van der Waals surface area contributed by atoms with Crippen LogP contribution in [-0.4, -0.2) is 31.0 Å². The van der Waals surface area contributed by atoms with Crippen LogP contribution in [0.5, 0.6) is 5.75 Å². The van der Waals surface area contributed by atoms with Crippen molar-refractivity contribution in [2.24, 2.45) is 5.73 Å². The first-order valence-electron chi connectivity index (χ1n) is 9.26. The maximum atomic E-state index is 12.4. The fourth-order valence-electron chi connectivity index (χ4n) is 2.66. The van der Waals surface area contributed by atoms with Crippen molar-refractivity contribution in [2.45, 2.75) is 6.92 Å². The SMILES string of the molecule is CCOC(=O)c1sc(-c2ccc(Cl)cc2)cc1NC(=O)COc1cccc(C(N)=O)c1. The highest BCUT2D eigenvalue weighted by atomic mass is 35.5. The average molecular weight is 459 g/mol. The number of carbonyl (C=O) groups is 3. The molecule has 2 aromatic carbocycles. The molecule has 3 N–H and O–H groups in total. The number of hydrogen-bond donors (Lipinski definition) is 2. The predicted molar refractivity (Wildman–Crippen MR) is 120 cm³/mol. The first-order chi connectivity index (χ1) is 14.9. The summed E-state index contributed by atoms with van der Waals surface area (Å²) in [5, 5.41) is 3.28. The lowest BCUT2D eigenvalue weighted by Gasteiger charge is -2.08. The van der Waals surface area contributed by atoms with Crippen molar-refractivity contribution in [3.63, 3.8) is 0 Å². The van der Waals surface area contributed by atoms with E-state index in [0.29, 0.717) is 16.5 Å². The molecule has 3 aromatic rings. The molecular weight excluding hydrogens is 440 g/mol. The Kier molecular flexibility index (Phi) is 7.28. The minimum absolute atomic E-state index is 0.208. The van der Waals surface area contributed by atoms with Crippen molar-refractivity contribution in [3.8, 4) is 16.2 Å². The summed E-state index contributed by atoms with van der Waals surface area (Å²) in [4.78, 5) is 37.1. The van der Waals surface area contributed by atoms with Crippen LogP contribution >= 0.6 is 22.9 Å². The molecule has 7 nitrogen and oxygen atoms in total. The van der Waals surface area contributed by atoms with Gasteiger partial charge in [0.2, 0.25) is 5.91 Å². The summed E-state index contributed by atoms with van der Waals surface area (Å²) in [5.41, 5.74) is 6.69. The standard InChI is InChI=1S/C22H19ClN2O5S/c1-2-29-22(28)20-17(11-18(31-20)13-6-8-15(23)9-7-13)25-19(26)12-30-16-5-3-4-14(10-16)21(24)27/h3-11H,2,12H2,1H3,(H2,24,27)(H,25,26). The van der Waals surface area contributed by atoms with Crippen LogP contribution in [0.1, 0.15) is 27.0 Å². The minimum Gasteiger partial charge on any atom is -0.484 e. The number of nitrogens with one attached hydrogen (secondary N) is 1. The maximum absolute atomic E-state index is 12.4. The van der Waals surface area contributed by atoms with Crippen molar-refractivity contribution >= 4 is 46.4 Å². The number of benzene rings is 2. The Morgan fingerprint density at radius 3 is 2.52 bits per heavy atom. The van der Waals surface area contributed by atoms with Crippen LogP contribution < -0.4 is 15.8 Å². The molecule has 160 valence electrons. The Hall–Kier alpha value is -3.36. The molecule has 0 fully saturated rings. The Morgan fingerprint density at radius 1 is 1.10 bits per heavy atom. The highest BCUT2D eigenvalue weighted by Crippen LogP contribution is 2.36. The Morgan fingerprint density at radius 2 is 1.84 bits per heavy atom. The number of thiophene rings is 1. The average Bonchev–Trinajstić information content (AvgIpc) is 3.17. The van der Waals surface area contributed by atoms with Gasteiger partial charge in [-0.15, -0.1) is 11.3 Å². The van der Waals surface area contributed by atoms with Crippen molar-refractivity contribution in [1.29, 1.82) is 0 Å². The molecule has 0 spiro atoms. The van der Waals surface area contributed by atoms with Crippen molar-refractivity contribution in [1.82, 2.24) is 0 Å². The van der Waals surface area contributed by atoms with Gasteiger partial charge in [-0.25, -0.2) is 4.79 Å². The van der Waals surface area contributed by atoms with Gasteiger partial charge in [-0.3, -0.25) is 9.59 Å². The summed E-state index contributed by atoms with van der Waals surface area (Å²) in [6, 6.07) is 15.0. The number of anilines is 1. The van der Waals surface area contributed by atoms with Crippen LogP contribution in [0.25, 0.3) is 10.4 Å². The third kappa shape index (κ3) is 5.84. The van der Waals surface area contributed by atoms with Crippen LogP contribution in [0.3, 0.4) is 0 Å². The summed E-state index contributed by atoms with van der Waals surface area (Å²) >= 11 is 7.14. The van der Waals surface area contributed by atoms with Crippen molar-refractivity contribution in [3.05, 3.63) is 70.1 Å². The summed E-state index contributed by atoms with van der Waals surface area (Å²) in [7, 11) is 0. The topological polar surface area (TPSA) is 108 Å². The molecule has 0 unspecified atom stereocenters. The third-order valence-electron chi connectivity index (χ3n) is 4.08. The largest absolute Gasteiger partial charge is 0.484 e. The van der Waals surface area contributed by atoms with Gasteiger partial charge in [-0.05, 0) is 48.9 Å². The molecule has 0 aliphatic heterocycles. The van der Waals surface area contributed by atoms with Gasteiger partial charge in [0.05, 0.1) is 12.3 Å². The van der Waals surface area contributed by atoms with E-state index in [1.165, 1.54) is 17.4 Å². The van der Waals surface area contributed by atoms with Crippen LogP contribution in [0.4, 0.5) is 5.69 Å². The van der Waals surface area contributed by atoms with Crippen molar-refractivity contribution in [2.75, 3.05) is 18.5 Å². The molecule has 0 saturated carbocycles. The Labute approximate surface area is 187 Å². The van der Waals surface area contributed by atoms with E-state index in [1.54, 1.807) is 43.3 Å². The summed E-state index contributed by atoms with van der Waals surface area (Å²) in [5.74, 6) is -1.28. The number of esters is 1. The number of rotatable bonds is 8. The smallest absolute Gasteiger partial charge is 0.350 e. The molecule has 0 aliphatic carbocycles. The van der Waals surface area contributed by atoms with E-state index in [2.05, 4.69) is 5.32 Å². The molecule has 0 aliphatic rings. The van der Waals surface area contributed by atoms with E-state index in [0.717, 1.165) is 10.4 Å². The lowest BCUT2D eigenvalue weighted by Crippen LogP contribution is -2.21. The summed E-state index contributed by atoms with van der Waals surface area (Å²) in [6.07, 6.45) is 0. The molecule has 0 radical (unpaired) electrons. The van der Waals surface area contributed by atoms with E-state index in [1.807, 2.05) is 12.1 Å². The second kappa shape index (κ2) is 10.1. The quantitative estimate of drug-likeness (QED) is 0.487. The number of primary amides is 1. The fraction of sp³-hybridized carbons (Fsp3) is 0.136. The summed E-state index contributed by atoms with van der Waals surface area (Å²) in [6.45, 7) is 1.59. The van der Waals surface area contributed by atoms with Gasteiger partial charge >= 0.3 is 5.97 Å². The van der Waals surface area contributed by atoms with Gasteiger partial charge in [0, 0.05) is 15.5 Å². The van der Waals surface area contributed by atoms with Gasteiger partial charge in [-0.1, -0.05) is 29.8 Å². The molecule has 0 atom stereocenters. The highest BCUT2D eigenvalue weighted by molar-refractivity contribution is 7.18. The zero-order chi connectivity index (χ0) is 22.4. The predicted octanol–water partition coefficient (Wildman–Crippen LogP) is 4.36. The van der Waals surface area contributed by atoms with Gasteiger partial charge in [0.25, 0.3) is 5.91 Å². The molecule has 0 bridgehead atoms. The number of carbonyl (C=O) groups excluding carboxylic acids is 3. The van der Waals surface area contributed by atoms with Crippen LogP contribution in [0.2, 0.25) is 5.02 Å². The molecule has 2 amide bonds. The zero-order valence-electron chi connectivity index (χ0n) is 16.5. The molecule has 3 rings (SSSR count). The van der Waals surface area contributed by atoms with Crippen LogP contribution in [0.15, 0.2) is 54.6 Å². The Balaban J connectivity index is 1.76. The second-order valence-electron chi connectivity index (χ2n) is 6.31. The number of hydrogen-bond acceptors (Lipinski definition) is 6. The van der Waals surface area contributed by atoms with Crippen LogP contribution in [0, 0.1) is 0 Å². The highest BCUT2D eigenvalue weighted by Gasteiger charge is 2.20. The number of amides is 2. The van der Waals surface area contributed by atoms with E-state index in [4.69, 9.17) is 26.8 Å². The summed E-state index contributed by atoms with van der Waals surface area (Å²) < 4.78 is 10.5. The molecule has 0 saturated heterocycles. The zero-order valence-corrected chi connectivity index (χ0v) is 18.1. The number of ether oxygens (including phenoxy) is 2. The van der Waals surface area contributed by atoms with Crippen molar-refractivity contribution < 1.29 is 23.9 Å². The number of halogens is 1. The molecule has 31 heavy (non-hydrogen) atoms. The van der Waals surface area contributed by atoms with Gasteiger partial charge in [0.1, 0.15) is 10.6 Å². The fourth-order valence-corrected chi connectivity index (χ4v) is 3.80. The normalized spacial score (nSPS) is 10.4. The number of nitrogens with two attached hydrogens (primary N) is 1. The van der Waals surface area contributed by atoms with Gasteiger partial charge in [0.15, 0.2) is 6.61 Å². The monoisotopic (exact) mass is 458 g/mol. The minimum atomic E-state index is -0.595. The molecule has 1 aromatic heterocycles. The molecule has 9 heteroatoms. The van der Waals surface area contributed by atoms with E-state index in [9.17, 15) is 14.4 Å². The Bertz CT molecular complexity index is 1110. The maximum Gasteiger partial charge on any atom is 0.350 e. The first kappa shape index (κ1) is 22.3. The lowest BCUT2D eigenvalue weighted by atomic mass is 10.2. The third-order valence-corrected chi connectivity index (χ3v) is 5.50.